The third-order valence-electron chi connectivity index (χ3n) is 9.68. The van der Waals surface area contributed by atoms with Gasteiger partial charge in [-0.05, 0) is 36.4 Å². The van der Waals surface area contributed by atoms with Gasteiger partial charge < -0.3 is 8.98 Å². The van der Waals surface area contributed by atoms with Gasteiger partial charge in [-0.3, -0.25) is 4.57 Å². The van der Waals surface area contributed by atoms with Crippen LogP contribution < -0.4 is 0 Å². The van der Waals surface area contributed by atoms with Crippen molar-refractivity contribution in [1.82, 2.24) is 24.1 Å². The molecule has 0 amide bonds. The molecule has 0 atom stereocenters. The van der Waals surface area contributed by atoms with Gasteiger partial charge in [0.25, 0.3) is 0 Å². The van der Waals surface area contributed by atoms with Crippen LogP contribution in [-0.2, 0) is 0 Å². The average Bonchev–Trinajstić information content (AvgIpc) is 3.90. The highest BCUT2D eigenvalue weighted by atomic mass is 16.3. The fraction of sp³-hybridized carbons (Fsp3) is 0. The molecule has 7 aromatic carbocycles. The molecule has 0 saturated heterocycles. The van der Waals surface area contributed by atoms with Crippen molar-refractivity contribution in [2.24, 2.45) is 0 Å². The molecule has 11 aromatic rings. The van der Waals surface area contributed by atoms with Gasteiger partial charge in [0.1, 0.15) is 11.2 Å². The summed E-state index contributed by atoms with van der Waals surface area (Å²) in [5.41, 5.74) is 6.33. The highest BCUT2D eigenvalue weighted by Gasteiger charge is 2.24. The van der Waals surface area contributed by atoms with Crippen molar-refractivity contribution in [3.8, 4) is 34.4 Å². The monoisotopic (exact) mass is 658 g/mol. The van der Waals surface area contributed by atoms with Gasteiger partial charge in [0.15, 0.2) is 11.6 Å². The quantitative estimate of drug-likeness (QED) is 0.189. The molecule has 0 aliphatic carbocycles. The topological polar surface area (TPSA) is 61.7 Å². The van der Waals surface area contributed by atoms with Crippen molar-refractivity contribution in [3.63, 3.8) is 0 Å². The largest absolute Gasteiger partial charge is 0.455 e. The van der Waals surface area contributed by atoms with Crippen LogP contribution in [0.5, 0.6) is 0 Å². The van der Waals surface area contributed by atoms with Crippen molar-refractivity contribution >= 4 is 65.6 Å². The number of fused-ring (bicyclic) bond motifs is 10. The highest BCUT2D eigenvalue weighted by Crippen LogP contribution is 2.42. The Morgan fingerprint density at radius 3 is 1.84 bits per heavy atom. The SMILES string of the molecule is [2H]c1c([2H])c([2H])c(-c2nc(-c3cccc4c3oc3ccccc34)nc(-n3c4ccccc4c4ccc5c6ccccc6n(-c6ccccc6)c5c43)n2)c([2H])c1[2H]. The molecule has 4 aromatic heterocycles. The molecule has 0 aliphatic heterocycles. The Hall–Kier alpha value is -7.05. The predicted molar refractivity (Wildman–Crippen MR) is 207 cm³/mol. The van der Waals surface area contributed by atoms with E-state index in [1.807, 2.05) is 95.6 Å². The van der Waals surface area contributed by atoms with E-state index in [9.17, 15) is 0 Å². The van der Waals surface area contributed by atoms with E-state index in [-0.39, 0.29) is 23.2 Å². The summed E-state index contributed by atoms with van der Waals surface area (Å²) in [6.07, 6.45) is 0. The van der Waals surface area contributed by atoms with Crippen molar-refractivity contribution in [2.75, 3.05) is 0 Å². The van der Waals surface area contributed by atoms with E-state index in [1.165, 1.54) is 0 Å². The Morgan fingerprint density at radius 2 is 1.08 bits per heavy atom. The number of furan rings is 1. The summed E-state index contributed by atoms with van der Waals surface area (Å²) in [6.45, 7) is 0. The molecule has 6 nitrogen and oxygen atoms in total. The second kappa shape index (κ2) is 10.7. The van der Waals surface area contributed by atoms with Crippen LogP contribution in [0.3, 0.4) is 0 Å². The van der Waals surface area contributed by atoms with Gasteiger partial charge in [-0.2, -0.15) is 9.97 Å². The third kappa shape index (κ3) is 4.07. The lowest BCUT2D eigenvalue weighted by molar-refractivity contribution is 0.669. The first-order valence-corrected chi connectivity index (χ1v) is 16.6. The number of hydrogen-bond acceptors (Lipinski definition) is 4. The van der Waals surface area contributed by atoms with Crippen LogP contribution >= 0.6 is 0 Å². The number of rotatable bonds is 4. The van der Waals surface area contributed by atoms with Gasteiger partial charge in [-0.15, -0.1) is 0 Å². The van der Waals surface area contributed by atoms with E-state index in [0.29, 0.717) is 16.7 Å². The predicted octanol–water partition coefficient (Wildman–Crippen LogP) is 11.3. The van der Waals surface area contributed by atoms with E-state index in [4.69, 9.17) is 26.2 Å². The van der Waals surface area contributed by atoms with Crippen molar-refractivity contribution < 1.29 is 11.3 Å². The van der Waals surface area contributed by atoms with Gasteiger partial charge >= 0.3 is 0 Å². The molecular formula is C45H27N5O. The fourth-order valence-electron chi connectivity index (χ4n) is 7.54. The minimum Gasteiger partial charge on any atom is -0.455 e. The highest BCUT2D eigenvalue weighted by molar-refractivity contribution is 6.23. The molecule has 0 saturated carbocycles. The zero-order valence-corrected chi connectivity index (χ0v) is 26.8. The molecular weight excluding hydrogens is 627 g/mol. The first kappa shape index (κ1) is 23.3. The lowest BCUT2D eigenvalue weighted by Crippen LogP contribution is -2.07. The van der Waals surface area contributed by atoms with Gasteiger partial charge in [-0.25, -0.2) is 4.98 Å². The molecule has 0 unspecified atom stereocenters. The number of aromatic nitrogens is 5. The minimum absolute atomic E-state index is 0.0585. The zero-order valence-electron chi connectivity index (χ0n) is 31.8. The Morgan fingerprint density at radius 1 is 0.471 bits per heavy atom. The lowest BCUT2D eigenvalue weighted by Gasteiger charge is -2.13. The first-order valence-electron chi connectivity index (χ1n) is 19.1. The van der Waals surface area contributed by atoms with Gasteiger partial charge in [0.05, 0.1) is 34.5 Å². The molecule has 0 fully saturated rings. The third-order valence-corrected chi connectivity index (χ3v) is 9.68. The molecule has 6 heteroatoms. The summed E-state index contributed by atoms with van der Waals surface area (Å²) in [7, 11) is 0. The van der Waals surface area contributed by atoms with Gasteiger partial charge in [0, 0.05) is 43.6 Å². The maximum Gasteiger partial charge on any atom is 0.238 e. The smallest absolute Gasteiger partial charge is 0.238 e. The Labute approximate surface area is 298 Å². The van der Waals surface area contributed by atoms with Crippen LogP contribution in [0.15, 0.2) is 168 Å². The number of nitrogens with zero attached hydrogens (tertiary/aromatic N) is 5. The van der Waals surface area contributed by atoms with E-state index in [1.54, 1.807) is 0 Å². The van der Waals surface area contributed by atoms with Gasteiger partial charge in [-0.1, -0.05) is 127 Å². The molecule has 51 heavy (non-hydrogen) atoms. The first-order chi connectivity index (χ1) is 27.4. The van der Waals surface area contributed by atoms with Gasteiger partial charge in [0.2, 0.25) is 5.95 Å². The minimum atomic E-state index is -0.496. The maximum absolute atomic E-state index is 8.95. The van der Waals surface area contributed by atoms with E-state index >= 15 is 0 Å². The zero-order chi connectivity index (χ0) is 37.8. The van der Waals surface area contributed by atoms with E-state index < -0.39 is 30.2 Å². The van der Waals surface area contributed by atoms with Crippen molar-refractivity contribution in [1.29, 1.82) is 0 Å². The van der Waals surface area contributed by atoms with Crippen LogP contribution in [0.2, 0.25) is 0 Å². The lowest BCUT2D eigenvalue weighted by atomic mass is 10.1. The second-order valence-corrected chi connectivity index (χ2v) is 12.5. The molecule has 238 valence electrons. The summed E-state index contributed by atoms with van der Waals surface area (Å²) in [5, 5.41) is 5.86. The Kier molecular flexibility index (Phi) is 4.91. The average molecular weight is 659 g/mol. The van der Waals surface area contributed by atoms with Crippen LogP contribution in [0.25, 0.3) is 100.0 Å². The number of hydrogen-bond donors (Lipinski definition) is 0. The molecule has 0 aliphatic rings. The van der Waals surface area contributed by atoms with E-state index in [2.05, 4.69) is 47.0 Å². The molecule has 4 heterocycles. The molecule has 0 radical (unpaired) electrons. The maximum atomic E-state index is 8.95. The van der Waals surface area contributed by atoms with Crippen LogP contribution in [0.1, 0.15) is 6.85 Å². The van der Waals surface area contributed by atoms with Crippen LogP contribution in [0, 0.1) is 0 Å². The summed E-state index contributed by atoms with van der Waals surface area (Å²) in [6, 6.07) is 42.2. The summed E-state index contributed by atoms with van der Waals surface area (Å²) in [5.74, 6) is 0.383. The van der Waals surface area contributed by atoms with Crippen molar-refractivity contribution in [3.05, 3.63) is 164 Å². The molecule has 11 rings (SSSR count). The number of para-hydroxylation sites is 5. The second-order valence-electron chi connectivity index (χ2n) is 12.5. The summed E-state index contributed by atoms with van der Waals surface area (Å²) >= 11 is 0. The fourth-order valence-corrected chi connectivity index (χ4v) is 7.54. The molecule has 0 N–H and O–H groups in total. The normalized spacial score (nSPS) is 13.3. The van der Waals surface area contributed by atoms with Crippen molar-refractivity contribution in [2.45, 2.75) is 0 Å². The Balaban J connectivity index is 1.32. The Bertz CT molecular complexity index is 3410. The molecule has 0 bridgehead atoms. The summed E-state index contributed by atoms with van der Waals surface area (Å²) in [4.78, 5) is 15.1. The van der Waals surface area contributed by atoms with E-state index in [0.717, 1.165) is 60.1 Å². The van der Waals surface area contributed by atoms with Crippen LogP contribution in [-0.4, -0.2) is 24.1 Å². The standard InChI is InChI=1S/C45H27N5O/c1-3-14-28(15-4-1)43-46-44(36-22-13-21-35-32-20-9-12-25-39(32)51-42(35)36)48-45(47-43)50-38-24-11-8-19-31(38)34-27-26-33-30-18-7-10-23-37(30)49(40(33)41(34)50)29-16-5-2-6-17-29/h1-27H/i1D,3D,4D,14D,15D. The molecule has 0 spiro atoms. The summed E-state index contributed by atoms with van der Waals surface area (Å²) < 4.78 is 54.0. The van der Waals surface area contributed by atoms with Crippen LogP contribution in [0.4, 0.5) is 0 Å². The number of benzene rings is 7.